The highest BCUT2D eigenvalue weighted by Gasteiger charge is 2.26. The molecule has 12 rings (SSSR count). The summed E-state index contributed by atoms with van der Waals surface area (Å²) in [6.07, 6.45) is 0. The monoisotopic (exact) mass is 826 g/mol. The molecule has 0 aliphatic heterocycles. The van der Waals surface area contributed by atoms with Gasteiger partial charge in [-0.15, -0.1) is 16.8 Å². The molecule has 0 aliphatic rings. The van der Waals surface area contributed by atoms with E-state index < -0.39 is 0 Å². The van der Waals surface area contributed by atoms with Gasteiger partial charge in [-0.25, -0.2) is 0 Å². The first kappa shape index (κ1) is 38.9. The topological polar surface area (TPSA) is 9.86 Å². The molecule has 3 aromatic heterocycles. The predicted octanol–water partition coefficient (Wildman–Crippen LogP) is 3.06. The molecule has 0 aliphatic carbocycles. The van der Waals surface area contributed by atoms with Gasteiger partial charge in [0.25, 0.3) is 0 Å². The Morgan fingerprint density at radius 3 is 1.70 bits per heavy atom. The molecule has 0 atom stereocenters. The molecule has 10 heteroatoms. The molecule has 12 aromatic rings. The lowest BCUT2D eigenvalue weighted by Gasteiger charge is -2.19. The lowest BCUT2D eigenvalue weighted by molar-refractivity contribution is 1.19. The number of hydrogen-bond acceptors (Lipinski definition) is 1. The quantitative estimate of drug-likeness (QED) is 0.237. The fourth-order valence-corrected chi connectivity index (χ4v) is 12.3. The van der Waals surface area contributed by atoms with Crippen molar-refractivity contribution in [2.45, 2.75) is 0 Å². The highest BCUT2D eigenvalue weighted by Crippen LogP contribution is 2.44. The molecular formula is C54H41B7N2S. The zero-order valence-electron chi connectivity index (χ0n) is 37.4. The van der Waals surface area contributed by atoms with E-state index in [-0.39, 0.29) is 0 Å². The second kappa shape index (κ2) is 14.7. The molecular weight excluding hydrogens is 784 g/mol. The maximum Gasteiger partial charge on any atom is 0.141 e. The fourth-order valence-electron chi connectivity index (χ4n) is 11.1. The summed E-state index contributed by atoms with van der Waals surface area (Å²) in [7, 11) is 16.3. The highest BCUT2D eigenvalue weighted by atomic mass is 32.1. The van der Waals surface area contributed by atoms with E-state index in [1.807, 2.05) is 11.3 Å². The van der Waals surface area contributed by atoms with Crippen molar-refractivity contribution in [1.29, 1.82) is 0 Å². The van der Waals surface area contributed by atoms with E-state index in [1.54, 1.807) is 0 Å². The highest BCUT2D eigenvalue weighted by molar-refractivity contribution is 7.26. The molecule has 0 bridgehead atoms. The summed E-state index contributed by atoms with van der Waals surface area (Å²) in [6, 6.07) is 60.6. The summed E-state index contributed by atoms with van der Waals surface area (Å²) in [6.45, 7) is 0. The number of aromatic nitrogens is 2. The van der Waals surface area contributed by atoms with Gasteiger partial charge in [0.05, 0.1) is 21.4 Å². The van der Waals surface area contributed by atoms with Gasteiger partial charge in [0.1, 0.15) is 54.9 Å². The van der Waals surface area contributed by atoms with Crippen molar-refractivity contribution in [3.8, 4) is 44.8 Å². The molecule has 0 amide bonds. The summed E-state index contributed by atoms with van der Waals surface area (Å²) in [5.74, 6) is 0. The van der Waals surface area contributed by atoms with Crippen LogP contribution in [0.4, 0.5) is 0 Å². The Kier molecular flexibility index (Phi) is 8.91. The molecule has 64 heavy (non-hydrogen) atoms. The molecule has 2 nitrogen and oxygen atoms in total. The Morgan fingerprint density at radius 1 is 0.359 bits per heavy atom. The predicted molar refractivity (Wildman–Crippen MR) is 302 cm³/mol. The van der Waals surface area contributed by atoms with Crippen LogP contribution < -0.4 is 38.2 Å². The van der Waals surface area contributed by atoms with Crippen LogP contribution in [0.15, 0.2) is 164 Å². The van der Waals surface area contributed by atoms with E-state index in [0.29, 0.717) is 0 Å². The van der Waals surface area contributed by atoms with Crippen LogP contribution >= 0.6 is 11.3 Å². The van der Waals surface area contributed by atoms with Crippen molar-refractivity contribution >= 4 is 168 Å². The minimum Gasteiger partial charge on any atom is -0.310 e. The minimum absolute atomic E-state index is 1.19. The first-order valence-electron chi connectivity index (χ1n) is 22.4. The molecule has 3 heterocycles. The molecule has 0 saturated carbocycles. The second-order valence-electron chi connectivity index (χ2n) is 17.8. The van der Waals surface area contributed by atoms with E-state index in [2.05, 4.69) is 228 Å². The van der Waals surface area contributed by atoms with Gasteiger partial charge >= 0.3 is 0 Å². The summed E-state index contributed by atoms with van der Waals surface area (Å²) in [5, 5.41) is 7.89. The Morgan fingerprint density at radius 2 is 0.953 bits per heavy atom. The van der Waals surface area contributed by atoms with E-state index in [4.69, 9.17) is 0 Å². The lowest BCUT2D eigenvalue weighted by Crippen LogP contribution is -2.48. The number of hydrogen-bond donors (Lipinski definition) is 0. The first-order valence-corrected chi connectivity index (χ1v) is 23.3. The third-order valence-corrected chi connectivity index (χ3v) is 15.9. The summed E-state index contributed by atoms with van der Waals surface area (Å²) < 4.78 is 7.73. The molecule has 9 aromatic carbocycles. The van der Waals surface area contributed by atoms with Gasteiger partial charge in [0.2, 0.25) is 0 Å². The average molecular weight is 826 g/mol. The normalized spacial score (nSPS) is 11.9. The molecule has 0 spiro atoms. The molecule has 0 saturated heterocycles. The zero-order valence-corrected chi connectivity index (χ0v) is 38.2. The second-order valence-corrected chi connectivity index (χ2v) is 18.9. The van der Waals surface area contributed by atoms with Crippen LogP contribution in [0.5, 0.6) is 0 Å². The Bertz CT molecular complexity index is 3910. The van der Waals surface area contributed by atoms with Crippen molar-refractivity contribution in [1.82, 2.24) is 9.13 Å². The van der Waals surface area contributed by atoms with Crippen molar-refractivity contribution < 1.29 is 0 Å². The molecule has 294 valence electrons. The maximum atomic E-state index is 2.57. The summed E-state index contributed by atoms with van der Waals surface area (Å²) in [5.41, 5.74) is 24.4. The van der Waals surface area contributed by atoms with E-state index in [1.165, 1.54) is 147 Å². The van der Waals surface area contributed by atoms with Gasteiger partial charge in [-0.2, -0.15) is 0 Å². The Hall–Kier alpha value is -6.75. The van der Waals surface area contributed by atoms with Gasteiger partial charge in [-0.05, 0) is 81.2 Å². The minimum atomic E-state index is 1.19. The maximum absolute atomic E-state index is 2.57. The Balaban J connectivity index is 1.15. The largest absolute Gasteiger partial charge is 0.310 e. The van der Waals surface area contributed by atoms with Crippen LogP contribution in [0.2, 0.25) is 0 Å². The van der Waals surface area contributed by atoms with Crippen molar-refractivity contribution in [3.05, 3.63) is 164 Å². The van der Waals surface area contributed by atoms with Gasteiger partial charge in [0.15, 0.2) is 0 Å². The number of nitrogens with zero attached hydrogens (tertiary/aromatic N) is 2. The van der Waals surface area contributed by atoms with Crippen molar-refractivity contribution in [2.75, 3.05) is 0 Å². The molecule has 0 radical (unpaired) electrons. The van der Waals surface area contributed by atoms with Crippen LogP contribution in [-0.4, -0.2) is 64.1 Å². The summed E-state index contributed by atoms with van der Waals surface area (Å²) >= 11 is 1.89. The van der Waals surface area contributed by atoms with E-state index in [9.17, 15) is 0 Å². The van der Waals surface area contributed by atoms with Gasteiger partial charge in [0, 0.05) is 48.4 Å². The van der Waals surface area contributed by atoms with Crippen LogP contribution in [0.1, 0.15) is 0 Å². The Labute approximate surface area is 383 Å². The van der Waals surface area contributed by atoms with Crippen molar-refractivity contribution in [3.63, 3.8) is 0 Å². The smallest absolute Gasteiger partial charge is 0.141 e. The molecule has 0 N–H and O–H groups in total. The van der Waals surface area contributed by atoms with Crippen LogP contribution in [0.25, 0.3) is 109 Å². The summed E-state index contributed by atoms with van der Waals surface area (Å²) in [4.78, 5) is 0. The SMILES string of the molecule is Bc1c(B)c(B)c2c(c1B)c1c(B)c(-c3ccc4c(c3)c3c(-c5ccccc5)cccc3n4-c3cccc4c3sc3ccccc34)c(B)c(B)c1n2-c1ccc(-c2ccccc2)cc1. The number of benzene rings is 9. The van der Waals surface area contributed by atoms with Gasteiger partial charge < -0.3 is 9.13 Å². The number of fused-ring (bicyclic) bond motifs is 9. The van der Waals surface area contributed by atoms with Gasteiger partial charge in [-0.3, -0.25) is 0 Å². The lowest BCUT2D eigenvalue weighted by atomic mass is 9.64. The van der Waals surface area contributed by atoms with E-state index in [0.717, 1.165) is 0 Å². The third kappa shape index (κ3) is 5.55. The molecule has 0 unspecified atom stereocenters. The first-order chi connectivity index (χ1) is 31.2. The van der Waals surface area contributed by atoms with E-state index >= 15 is 0 Å². The zero-order chi connectivity index (χ0) is 43.5. The van der Waals surface area contributed by atoms with Crippen molar-refractivity contribution in [2.24, 2.45) is 0 Å². The number of thiophene rings is 1. The number of rotatable bonds is 5. The van der Waals surface area contributed by atoms with Crippen LogP contribution in [0, 0.1) is 0 Å². The third-order valence-electron chi connectivity index (χ3n) is 14.7. The standard InChI is InChI=1S/C54H41B7N2S/c55-45-41(46(56)50(60)52-43(45)44-47(57)48(58)49(59)51(61)53(44)62(52)32-24-21-29(22-25-32)28-11-3-1-4-12-28)31-23-26-37-36(27-31)42-33(30-13-5-2-6-14-30)16-9-18-38(42)63(37)39-19-10-17-35-34-15-7-8-20-40(34)64-54(35)39/h1-27H,55-61H2. The molecule has 0 fully saturated rings. The van der Waals surface area contributed by atoms with Crippen LogP contribution in [-0.2, 0) is 0 Å². The fraction of sp³-hybridized carbons (Fsp3) is 0. The average Bonchev–Trinajstić information content (AvgIpc) is 4.01. The van der Waals surface area contributed by atoms with Crippen LogP contribution in [0.3, 0.4) is 0 Å². The van der Waals surface area contributed by atoms with Gasteiger partial charge in [-0.1, -0.05) is 154 Å².